The van der Waals surface area contributed by atoms with E-state index in [0.29, 0.717) is 34.1 Å². The predicted molar refractivity (Wildman–Crippen MR) is 155 cm³/mol. The Morgan fingerprint density at radius 1 is 1.05 bits per heavy atom. The second-order valence-electron chi connectivity index (χ2n) is 10.1. The number of aryl methyl sites for hydroxylation is 1. The third kappa shape index (κ3) is 5.67. The van der Waals surface area contributed by atoms with Crippen molar-refractivity contribution >= 4 is 50.0 Å². The molecule has 0 radical (unpaired) electrons. The van der Waals surface area contributed by atoms with Gasteiger partial charge in [0.1, 0.15) is 17.5 Å². The van der Waals surface area contributed by atoms with Crippen molar-refractivity contribution in [1.29, 1.82) is 0 Å². The van der Waals surface area contributed by atoms with Crippen LogP contribution in [0.5, 0.6) is 5.75 Å². The zero-order valence-corrected chi connectivity index (χ0v) is 24.3. The van der Waals surface area contributed by atoms with E-state index in [1.54, 1.807) is 26.1 Å². The molecule has 0 saturated heterocycles. The number of hydrogen-bond donors (Lipinski definition) is 2. The van der Waals surface area contributed by atoms with Crippen molar-refractivity contribution in [3.8, 4) is 26.8 Å². The van der Waals surface area contributed by atoms with Gasteiger partial charge in [-0.1, -0.05) is 41.6 Å². The van der Waals surface area contributed by atoms with Crippen LogP contribution in [0.25, 0.3) is 30.4 Å². The van der Waals surface area contributed by atoms with E-state index in [2.05, 4.69) is 20.4 Å². The number of alkyl halides is 3. The summed E-state index contributed by atoms with van der Waals surface area (Å²) in [5.41, 5.74) is 0.553. The molecule has 0 unspecified atom stereocenters. The molecule has 43 heavy (non-hydrogen) atoms. The molecule has 14 heteroatoms. The summed E-state index contributed by atoms with van der Waals surface area (Å²) < 4.78 is 52.8. The third-order valence-corrected chi connectivity index (χ3v) is 9.56. The fraction of sp³-hybridized carbons (Fsp3) is 0.241. The Balaban J connectivity index is 1.27. The van der Waals surface area contributed by atoms with Crippen LogP contribution in [0.2, 0.25) is 0 Å². The van der Waals surface area contributed by atoms with E-state index >= 15 is 0 Å². The molecule has 3 heterocycles. The van der Waals surface area contributed by atoms with Gasteiger partial charge >= 0.3 is 18.4 Å². The number of hydrogen-bond acceptors (Lipinski definition) is 8. The van der Waals surface area contributed by atoms with Gasteiger partial charge in [-0.3, -0.25) is 10.1 Å². The number of rotatable bonds is 8. The Hall–Kier alpha value is -4.43. The molecule has 9 nitrogen and oxygen atoms in total. The lowest BCUT2D eigenvalue weighted by Crippen LogP contribution is -2.21. The van der Waals surface area contributed by atoms with Crippen molar-refractivity contribution in [3.05, 3.63) is 71.8 Å². The lowest BCUT2D eigenvalue weighted by Gasteiger charge is -2.16. The van der Waals surface area contributed by atoms with Crippen LogP contribution in [-0.2, 0) is 22.0 Å². The number of amides is 1. The van der Waals surface area contributed by atoms with Crippen LogP contribution in [0.15, 0.2) is 60.7 Å². The molecule has 1 amide bonds. The molecule has 0 aliphatic heterocycles. The topological polar surface area (TPSA) is 116 Å². The number of halogens is 3. The van der Waals surface area contributed by atoms with Crippen LogP contribution in [0.1, 0.15) is 37.0 Å². The number of nitrogens with zero attached hydrogens (tertiary/aromatic N) is 3. The number of carboxylic acid groups (broad SMARTS) is 1. The summed E-state index contributed by atoms with van der Waals surface area (Å²) in [6, 6.07) is 17.1. The lowest BCUT2D eigenvalue weighted by atomic mass is 9.94. The van der Waals surface area contributed by atoms with Gasteiger partial charge in [-0.15, -0.1) is 40.9 Å². The van der Waals surface area contributed by atoms with Gasteiger partial charge in [0, 0.05) is 26.9 Å². The molecule has 2 N–H and O–H groups in total. The second kappa shape index (κ2) is 10.7. The highest BCUT2D eigenvalue weighted by atomic mass is 32.1. The van der Waals surface area contributed by atoms with Crippen molar-refractivity contribution in [2.75, 3.05) is 5.32 Å². The van der Waals surface area contributed by atoms with E-state index in [1.165, 1.54) is 39.5 Å². The van der Waals surface area contributed by atoms with Crippen LogP contribution in [0, 0.1) is 0 Å². The summed E-state index contributed by atoms with van der Waals surface area (Å²) in [7, 11) is 1.63. The van der Waals surface area contributed by atoms with Gasteiger partial charge in [0.15, 0.2) is 5.82 Å². The molecule has 1 aliphatic carbocycles. The van der Waals surface area contributed by atoms with E-state index in [0.717, 1.165) is 15.0 Å². The van der Waals surface area contributed by atoms with Gasteiger partial charge in [-0.2, -0.15) is 0 Å². The van der Waals surface area contributed by atoms with E-state index in [1.807, 2.05) is 36.4 Å². The van der Waals surface area contributed by atoms with Crippen molar-refractivity contribution in [3.63, 3.8) is 0 Å². The van der Waals surface area contributed by atoms with Crippen molar-refractivity contribution in [2.24, 2.45) is 7.05 Å². The van der Waals surface area contributed by atoms with E-state index in [-0.39, 0.29) is 11.1 Å². The maximum Gasteiger partial charge on any atom is 0.573 e. The minimum atomic E-state index is -4.95. The zero-order chi connectivity index (χ0) is 30.5. The van der Waals surface area contributed by atoms with Gasteiger partial charge in [-0.25, -0.2) is 9.48 Å². The molecule has 1 fully saturated rings. The zero-order valence-electron chi connectivity index (χ0n) is 22.6. The van der Waals surface area contributed by atoms with Crippen molar-refractivity contribution in [2.45, 2.75) is 37.6 Å². The highest BCUT2D eigenvalue weighted by Crippen LogP contribution is 2.51. The summed E-state index contributed by atoms with van der Waals surface area (Å²) in [6.45, 7) is 1.76. The molecule has 6 rings (SSSR count). The van der Waals surface area contributed by atoms with Gasteiger partial charge in [0.25, 0.3) is 0 Å². The average molecular weight is 629 g/mol. The molecule has 0 spiro atoms. The molecule has 3 aromatic heterocycles. The molecule has 222 valence electrons. The number of aliphatic carboxylic acids is 1. The van der Waals surface area contributed by atoms with E-state index in [9.17, 15) is 27.9 Å². The van der Waals surface area contributed by atoms with Gasteiger partial charge in [0.05, 0.1) is 10.3 Å². The van der Waals surface area contributed by atoms with E-state index < -0.39 is 35.7 Å². The molecule has 2 aromatic carbocycles. The average Bonchev–Trinajstić information content (AvgIpc) is 3.38. The second-order valence-corrected chi connectivity index (χ2v) is 12.3. The largest absolute Gasteiger partial charge is 0.573 e. The summed E-state index contributed by atoms with van der Waals surface area (Å²) in [6.07, 6.45) is -5.41. The standard InChI is InChI=1S/C29H23F3N4O5S2/c1-15(16-6-4-3-5-7-16)40-27(39)33-25-24(34-35-36(25)2)23-14-22-21(43-23)13-20(42-22)18-9-8-17(28(10-11-28)26(37)38)12-19(18)41-29(30,31)32/h3-9,12-15H,10-11H2,1-2H3,(H,33,39)(H,37,38)/t15-/m1/s1. The maximum atomic E-state index is 13.3. The Labute approximate surface area is 250 Å². The minimum Gasteiger partial charge on any atom is -0.481 e. The minimum absolute atomic E-state index is 0.203. The van der Waals surface area contributed by atoms with Crippen LogP contribution in [-0.4, -0.2) is 38.5 Å². The molecule has 1 aliphatic rings. The lowest BCUT2D eigenvalue weighted by molar-refractivity contribution is -0.274. The Morgan fingerprint density at radius 3 is 2.37 bits per heavy atom. The number of carbonyl (C=O) groups excluding carboxylic acids is 1. The first kappa shape index (κ1) is 28.7. The SMILES string of the molecule is C[C@@H](OC(=O)Nc1c(-c2cc3sc(-c4ccc(C5(C(=O)O)CC5)cc4OC(F)(F)F)cc3s2)nnn1C)c1ccccc1. The van der Waals surface area contributed by atoms with Crippen LogP contribution in [0.3, 0.4) is 0 Å². The first-order valence-corrected chi connectivity index (χ1v) is 14.7. The van der Waals surface area contributed by atoms with Crippen LogP contribution < -0.4 is 10.1 Å². The summed E-state index contributed by atoms with van der Waals surface area (Å²) in [4.78, 5) is 25.7. The molecule has 0 bridgehead atoms. The van der Waals surface area contributed by atoms with Crippen molar-refractivity contribution < 1.29 is 37.3 Å². The molecule has 5 aromatic rings. The molecule has 1 atom stereocenters. The van der Waals surface area contributed by atoms with Gasteiger partial charge in [0.2, 0.25) is 0 Å². The Bertz CT molecular complexity index is 1810. The third-order valence-electron chi connectivity index (χ3n) is 7.23. The first-order chi connectivity index (χ1) is 20.4. The number of thiophene rings is 2. The highest BCUT2D eigenvalue weighted by Gasteiger charge is 2.52. The number of fused-ring (bicyclic) bond motifs is 1. The number of nitrogens with one attached hydrogen (secondary N) is 1. The fourth-order valence-corrected chi connectivity index (χ4v) is 7.22. The van der Waals surface area contributed by atoms with Crippen LogP contribution in [0.4, 0.5) is 23.8 Å². The molecular formula is C29H23F3N4O5S2. The first-order valence-electron chi connectivity index (χ1n) is 13.0. The number of carbonyl (C=O) groups is 2. The number of anilines is 1. The summed E-state index contributed by atoms with van der Waals surface area (Å²) in [5, 5.41) is 20.6. The number of carboxylic acids is 1. The summed E-state index contributed by atoms with van der Waals surface area (Å²) in [5.74, 6) is -1.20. The smallest absolute Gasteiger partial charge is 0.481 e. The number of aromatic nitrogens is 3. The Kier molecular flexibility index (Phi) is 7.13. The monoisotopic (exact) mass is 628 g/mol. The number of ether oxygens (including phenoxy) is 2. The Morgan fingerprint density at radius 2 is 1.72 bits per heavy atom. The number of benzene rings is 2. The highest BCUT2D eigenvalue weighted by molar-refractivity contribution is 7.31. The van der Waals surface area contributed by atoms with Gasteiger partial charge < -0.3 is 14.6 Å². The molecular weight excluding hydrogens is 605 g/mol. The normalized spacial score (nSPS) is 14.8. The fourth-order valence-electron chi connectivity index (χ4n) is 4.81. The van der Waals surface area contributed by atoms with Crippen molar-refractivity contribution in [1.82, 2.24) is 15.0 Å². The summed E-state index contributed by atoms with van der Waals surface area (Å²) >= 11 is 2.59. The molecule has 1 saturated carbocycles. The maximum absolute atomic E-state index is 13.3. The predicted octanol–water partition coefficient (Wildman–Crippen LogP) is 7.75. The van der Waals surface area contributed by atoms with Crippen LogP contribution >= 0.6 is 22.7 Å². The van der Waals surface area contributed by atoms with E-state index in [4.69, 9.17) is 4.74 Å². The van der Waals surface area contributed by atoms with Gasteiger partial charge in [-0.05, 0) is 55.2 Å². The quantitative estimate of drug-likeness (QED) is 0.181.